The van der Waals surface area contributed by atoms with Gasteiger partial charge in [-0.3, -0.25) is 4.79 Å². The number of hydrogen-bond acceptors (Lipinski definition) is 5. The molecule has 1 aromatic carbocycles. The molecule has 2 aromatic rings. The van der Waals surface area contributed by atoms with Crippen LogP contribution in [0, 0.1) is 0 Å². The highest BCUT2D eigenvalue weighted by atomic mass is 16.3. The lowest BCUT2D eigenvalue weighted by molar-refractivity contribution is 0.0907. The molecule has 0 spiro atoms. The molecule has 0 unspecified atom stereocenters. The number of carbonyl (C=O) groups is 1. The molecular formula is C20H27N5O2. The van der Waals surface area contributed by atoms with E-state index in [4.69, 9.17) is 0 Å². The third-order valence-corrected chi connectivity index (χ3v) is 5.75. The number of hydrogen-bond donors (Lipinski definition) is 2. The smallest absolute Gasteiger partial charge is 0.253 e. The molecule has 1 aliphatic carbocycles. The van der Waals surface area contributed by atoms with Gasteiger partial charge in [-0.2, -0.15) is 0 Å². The number of amides is 1. The van der Waals surface area contributed by atoms with Crippen LogP contribution in [0.3, 0.4) is 0 Å². The summed E-state index contributed by atoms with van der Waals surface area (Å²) >= 11 is 0. The van der Waals surface area contributed by atoms with Crippen molar-refractivity contribution in [3.63, 3.8) is 0 Å². The van der Waals surface area contributed by atoms with Crippen molar-refractivity contribution in [3.8, 4) is 0 Å². The number of nitrogens with one attached hydrogen (secondary N) is 1. The van der Waals surface area contributed by atoms with Gasteiger partial charge in [-0.1, -0.05) is 12.1 Å². The average Bonchev–Trinajstić information content (AvgIpc) is 3.33. The fourth-order valence-electron chi connectivity index (χ4n) is 4.22. The number of aromatic nitrogens is 3. The first-order valence-corrected chi connectivity index (χ1v) is 9.89. The van der Waals surface area contributed by atoms with E-state index in [1.807, 2.05) is 35.8 Å². The Morgan fingerprint density at radius 3 is 2.67 bits per heavy atom. The third kappa shape index (κ3) is 3.43. The van der Waals surface area contributed by atoms with Crippen LogP contribution >= 0.6 is 0 Å². The predicted octanol–water partition coefficient (Wildman–Crippen LogP) is 2.07. The van der Waals surface area contributed by atoms with Crippen LogP contribution in [0.25, 0.3) is 0 Å². The maximum atomic E-state index is 12.8. The van der Waals surface area contributed by atoms with Crippen molar-refractivity contribution in [1.29, 1.82) is 0 Å². The van der Waals surface area contributed by atoms with Crippen LogP contribution in [0.15, 0.2) is 24.3 Å². The molecule has 7 heteroatoms. The molecule has 144 valence electrons. The van der Waals surface area contributed by atoms with E-state index in [0.717, 1.165) is 49.6 Å². The zero-order valence-corrected chi connectivity index (χ0v) is 15.8. The summed E-state index contributed by atoms with van der Waals surface area (Å²) in [5.74, 6) is 1.83. The van der Waals surface area contributed by atoms with Gasteiger partial charge in [0.2, 0.25) is 0 Å². The van der Waals surface area contributed by atoms with Gasteiger partial charge in [-0.05, 0) is 44.7 Å². The van der Waals surface area contributed by atoms with Crippen LogP contribution in [-0.2, 0) is 13.2 Å². The van der Waals surface area contributed by atoms with Crippen LogP contribution < -0.4 is 10.2 Å². The summed E-state index contributed by atoms with van der Waals surface area (Å²) in [6.45, 7) is 4.72. The topological polar surface area (TPSA) is 83.3 Å². The van der Waals surface area contributed by atoms with Crippen molar-refractivity contribution >= 4 is 11.6 Å². The molecule has 1 saturated heterocycles. The van der Waals surface area contributed by atoms with E-state index in [-0.39, 0.29) is 24.5 Å². The standard InChI is InChI=1S/C20H27N5O2/c1-2-25-18(13-26)22-23-19(25)14-11-15(12-14)21-20(27)16-7-3-4-8-17(16)24-9-5-6-10-24/h3-4,7-8,14-15,26H,2,5-6,9-13H2,1H3,(H,21,27). The minimum absolute atomic E-state index is 0.00829. The lowest BCUT2D eigenvalue weighted by atomic mass is 9.79. The average molecular weight is 369 g/mol. The van der Waals surface area contributed by atoms with Gasteiger partial charge < -0.3 is 19.9 Å². The fraction of sp³-hybridized carbons (Fsp3) is 0.550. The molecular weight excluding hydrogens is 342 g/mol. The Balaban J connectivity index is 1.39. The van der Waals surface area contributed by atoms with Gasteiger partial charge in [-0.15, -0.1) is 10.2 Å². The highest BCUT2D eigenvalue weighted by Crippen LogP contribution is 2.36. The summed E-state index contributed by atoms with van der Waals surface area (Å²) in [7, 11) is 0. The van der Waals surface area contributed by atoms with E-state index in [0.29, 0.717) is 5.82 Å². The van der Waals surface area contributed by atoms with Crippen LogP contribution in [0.1, 0.15) is 60.5 Å². The second-order valence-corrected chi connectivity index (χ2v) is 7.43. The number of para-hydroxylation sites is 1. The van der Waals surface area contributed by atoms with Crippen LogP contribution in [0.5, 0.6) is 0 Å². The van der Waals surface area contributed by atoms with Gasteiger partial charge in [0, 0.05) is 37.3 Å². The van der Waals surface area contributed by atoms with Gasteiger partial charge in [0.05, 0.1) is 5.56 Å². The first-order valence-electron chi connectivity index (χ1n) is 9.89. The van der Waals surface area contributed by atoms with E-state index >= 15 is 0 Å². The lowest BCUT2D eigenvalue weighted by Crippen LogP contribution is -2.44. The molecule has 1 aromatic heterocycles. The first kappa shape index (κ1) is 18.0. The van der Waals surface area contributed by atoms with E-state index in [1.54, 1.807) is 0 Å². The fourth-order valence-corrected chi connectivity index (χ4v) is 4.22. The normalized spacial score (nSPS) is 21.9. The maximum Gasteiger partial charge on any atom is 0.253 e. The molecule has 2 aliphatic rings. The minimum atomic E-state index is -0.0962. The highest BCUT2D eigenvalue weighted by molar-refractivity contribution is 6.00. The molecule has 1 saturated carbocycles. The summed E-state index contributed by atoms with van der Waals surface area (Å²) in [4.78, 5) is 15.1. The molecule has 27 heavy (non-hydrogen) atoms. The van der Waals surface area contributed by atoms with Crippen molar-refractivity contribution < 1.29 is 9.90 Å². The molecule has 7 nitrogen and oxygen atoms in total. The Morgan fingerprint density at radius 1 is 1.22 bits per heavy atom. The van der Waals surface area contributed by atoms with Crippen LogP contribution in [-0.4, -0.2) is 44.9 Å². The predicted molar refractivity (Wildman–Crippen MR) is 103 cm³/mol. The zero-order valence-electron chi connectivity index (χ0n) is 15.8. The number of carbonyl (C=O) groups excluding carboxylic acids is 1. The number of nitrogens with zero attached hydrogens (tertiary/aromatic N) is 4. The van der Waals surface area contributed by atoms with Gasteiger partial charge in [-0.25, -0.2) is 0 Å². The molecule has 1 amide bonds. The molecule has 4 rings (SSSR count). The van der Waals surface area contributed by atoms with Crippen molar-refractivity contribution in [3.05, 3.63) is 41.5 Å². The lowest BCUT2D eigenvalue weighted by Gasteiger charge is -2.35. The number of anilines is 1. The van der Waals surface area contributed by atoms with Crippen molar-refractivity contribution in [2.75, 3.05) is 18.0 Å². The highest BCUT2D eigenvalue weighted by Gasteiger charge is 2.35. The zero-order chi connectivity index (χ0) is 18.8. The summed E-state index contributed by atoms with van der Waals surface area (Å²) in [6, 6.07) is 8.05. The number of benzene rings is 1. The molecule has 2 N–H and O–H groups in total. The number of rotatable bonds is 6. The maximum absolute atomic E-state index is 12.8. The van der Waals surface area contributed by atoms with Crippen LogP contribution in [0.2, 0.25) is 0 Å². The molecule has 2 heterocycles. The van der Waals surface area contributed by atoms with Crippen LogP contribution in [0.4, 0.5) is 5.69 Å². The summed E-state index contributed by atoms with van der Waals surface area (Å²) in [5, 5.41) is 20.9. The summed E-state index contributed by atoms with van der Waals surface area (Å²) in [6.07, 6.45) is 4.10. The Kier molecular flexibility index (Phi) is 5.11. The van der Waals surface area contributed by atoms with E-state index in [2.05, 4.69) is 20.4 Å². The quantitative estimate of drug-likeness (QED) is 0.814. The molecule has 1 aliphatic heterocycles. The largest absolute Gasteiger partial charge is 0.388 e. The molecule has 2 fully saturated rings. The van der Waals surface area contributed by atoms with Gasteiger partial charge in [0.1, 0.15) is 12.4 Å². The van der Waals surface area contributed by atoms with Gasteiger partial charge in [0.25, 0.3) is 5.91 Å². The molecule has 0 radical (unpaired) electrons. The number of aliphatic hydroxyl groups excluding tert-OH is 1. The van der Waals surface area contributed by atoms with Gasteiger partial charge >= 0.3 is 0 Å². The first-order chi connectivity index (χ1) is 13.2. The van der Waals surface area contributed by atoms with Crippen molar-refractivity contribution in [1.82, 2.24) is 20.1 Å². The monoisotopic (exact) mass is 369 g/mol. The van der Waals surface area contributed by atoms with Crippen molar-refractivity contribution in [2.45, 2.75) is 57.7 Å². The second kappa shape index (κ2) is 7.68. The van der Waals surface area contributed by atoms with Gasteiger partial charge in [0.15, 0.2) is 5.82 Å². The van der Waals surface area contributed by atoms with E-state index in [1.165, 1.54) is 12.8 Å². The summed E-state index contributed by atoms with van der Waals surface area (Å²) < 4.78 is 1.98. The Bertz CT molecular complexity index is 806. The second-order valence-electron chi connectivity index (χ2n) is 7.43. The third-order valence-electron chi connectivity index (χ3n) is 5.75. The van der Waals surface area contributed by atoms with E-state index in [9.17, 15) is 9.90 Å². The Hall–Kier alpha value is -2.41. The van der Waals surface area contributed by atoms with E-state index < -0.39 is 0 Å². The molecule has 0 atom stereocenters. The Morgan fingerprint density at radius 2 is 1.96 bits per heavy atom. The van der Waals surface area contributed by atoms with Crippen molar-refractivity contribution in [2.24, 2.45) is 0 Å². The SMILES string of the molecule is CCn1c(CO)nnc1C1CC(NC(=O)c2ccccc2N2CCCC2)C1. The Labute approximate surface area is 159 Å². The molecule has 0 bridgehead atoms. The summed E-state index contributed by atoms with van der Waals surface area (Å²) in [5.41, 5.74) is 1.81. The minimum Gasteiger partial charge on any atom is -0.388 e. The number of aliphatic hydroxyl groups is 1.